The summed E-state index contributed by atoms with van der Waals surface area (Å²) in [5.41, 5.74) is 0. The number of hydrogen-bond donors (Lipinski definition) is 2. The van der Waals surface area contributed by atoms with Gasteiger partial charge in [0, 0.05) is 24.2 Å². The average Bonchev–Trinajstić information content (AvgIpc) is 2.60. The van der Waals surface area contributed by atoms with Gasteiger partial charge in [0.15, 0.2) is 0 Å². The van der Waals surface area contributed by atoms with Gasteiger partial charge in [-0.15, -0.1) is 0 Å². The molecule has 26 heavy (non-hydrogen) atoms. The fraction of sp³-hybridized carbons (Fsp3) is 0.550. The van der Waals surface area contributed by atoms with Crippen LogP contribution in [0, 0.1) is 5.92 Å². The number of sulfonamides is 1. The zero-order valence-corrected chi connectivity index (χ0v) is 16.6. The molecule has 1 saturated carbocycles. The van der Waals surface area contributed by atoms with E-state index in [1.54, 1.807) is 20.8 Å². The smallest absolute Gasteiger partial charge is 0.216 e. The number of benzene rings is 1. The largest absolute Gasteiger partial charge is 0.367 e. The number of aromatic nitrogens is 1. The highest BCUT2D eigenvalue weighted by Crippen LogP contribution is 2.28. The number of nitrogens with zero attached hydrogens (tertiary/aromatic N) is 1. The van der Waals surface area contributed by atoms with Crippen molar-refractivity contribution in [3.63, 3.8) is 0 Å². The van der Waals surface area contributed by atoms with Gasteiger partial charge in [-0.25, -0.2) is 18.1 Å². The Morgan fingerprint density at radius 2 is 1.77 bits per heavy atom. The summed E-state index contributed by atoms with van der Waals surface area (Å²) in [6, 6.07) is 10.7. The molecule has 142 valence electrons. The van der Waals surface area contributed by atoms with Gasteiger partial charge in [0.2, 0.25) is 10.0 Å². The highest BCUT2D eigenvalue weighted by molar-refractivity contribution is 7.90. The van der Waals surface area contributed by atoms with E-state index in [1.807, 2.05) is 24.4 Å². The topological polar surface area (TPSA) is 71.1 Å². The quantitative estimate of drug-likeness (QED) is 0.831. The Bertz CT molecular complexity index is 845. The van der Waals surface area contributed by atoms with E-state index in [0.29, 0.717) is 18.5 Å². The molecule has 1 aliphatic carbocycles. The van der Waals surface area contributed by atoms with Gasteiger partial charge in [0.05, 0.1) is 4.75 Å². The van der Waals surface area contributed by atoms with E-state index < -0.39 is 14.8 Å². The fourth-order valence-electron chi connectivity index (χ4n) is 3.38. The summed E-state index contributed by atoms with van der Waals surface area (Å²) in [7, 11) is -3.26. The fourth-order valence-corrected chi connectivity index (χ4v) is 4.27. The number of pyridine rings is 1. The number of rotatable bonds is 5. The molecule has 2 aromatic rings. The second kappa shape index (κ2) is 7.53. The maximum atomic E-state index is 12.2. The van der Waals surface area contributed by atoms with Crippen LogP contribution in [0.1, 0.15) is 46.5 Å². The van der Waals surface area contributed by atoms with Crippen molar-refractivity contribution in [2.75, 3.05) is 11.9 Å². The molecule has 3 rings (SSSR count). The first-order chi connectivity index (χ1) is 12.3. The van der Waals surface area contributed by atoms with Crippen LogP contribution in [-0.4, -0.2) is 30.7 Å². The molecule has 0 radical (unpaired) electrons. The Labute approximate surface area is 156 Å². The summed E-state index contributed by atoms with van der Waals surface area (Å²) < 4.78 is 26.4. The van der Waals surface area contributed by atoms with Gasteiger partial charge in [-0.05, 0) is 63.8 Å². The third-order valence-electron chi connectivity index (χ3n) is 5.23. The minimum absolute atomic E-state index is 0.392. The Kier molecular flexibility index (Phi) is 5.53. The molecule has 1 fully saturated rings. The third-order valence-corrected chi connectivity index (χ3v) is 7.39. The first-order valence-electron chi connectivity index (χ1n) is 9.36. The predicted molar refractivity (Wildman–Crippen MR) is 108 cm³/mol. The van der Waals surface area contributed by atoms with Gasteiger partial charge < -0.3 is 5.32 Å². The van der Waals surface area contributed by atoms with Crippen molar-refractivity contribution < 1.29 is 8.42 Å². The van der Waals surface area contributed by atoms with Crippen molar-refractivity contribution in [1.29, 1.82) is 0 Å². The van der Waals surface area contributed by atoms with Crippen LogP contribution in [0.15, 0.2) is 36.5 Å². The Morgan fingerprint density at radius 3 is 2.46 bits per heavy atom. The van der Waals surface area contributed by atoms with Gasteiger partial charge in [-0.3, -0.25) is 0 Å². The predicted octanol–water partition coefficient (Wildman–Crippen LogP) is 3.92. The van der Waals surface area contributed by atoms with Crippen LogP contribution in [0.3, 0.4) is 0 Å². The number of hydrogen-bond acceptors (Lipinski definition) is 4. The number of anilines is 1. The zero-order valence-electron chi connectivity index (χ0n) is 15.8. The molecular weight excluding hydrogens is 346 g/mol. The molecule has 0 unspecified atom stereocenters. The van der Waals surface area contributed by atoms with Crippen molar-refractivity contribution in [2.45, 2.75) is 57.2 Å². The molecule has 6 heteroatoms. The average molecular weight is 376 g/mol. The molecule has 0 aliphatic heterocycles. The molecule has 1 heterocycles. The van der Waals surface area contributed by atoms with Crippen LogP contribution in [0.5, 0.6) is 0 Å². The van der Waals surface area contributed by atoms with Crippen molar-refractivity contribution in [2.24, 2.45) is 5.92 Å². The highest BCUT2D eigenvalue weighted by atomic mass is 32.2. The van der Waals surface area contributed by atoms with E-state index in [4.69, 9.17) is 0 Å². The second-order valence-electron chi connectivity index (χ2n) is 8.21. The molecule has 1 aliphatic rings. The molecule has 0 saturated heterocycles. The van der Waals surface area contributed by atoms with E-state index in [2.05, 4.69) is 27.2 Å². The summed E-state index contributed by atoms with van der Waals surface area (Å²) in [6.45, 7) is 5.73. The van der Waals surface area contributed by atoms with Crippen molar-refractivity contribution in [1.82, 2.24) is 9.71 Å². The first kappa shape index (κ1) is 19.1. The minimum Gasteiger partial charge on any atom is -0.367 e. The molecular formula is C20H29N3O2S. The van der Waals surface area contributed by atoms with Crippen LogP contribution in [0.25, 0.3) is 10.8 Å². The molecule has 0 spiro atoms. The second-order valence-corrected chi connectivity index (χ2v) is 10.7. The number of nitrogens with one attached hydrogen (secondary N) is 2. The summed E-state index contributed by atoms with van der Waals surface area (Å²) in [4.78, 5) is 4.51. The highest BCUT2D eigenvalue weighted by Gasteiger charge is 2.30. The van der Waals surface area contributed by atoms with E-state index in [9.17, 15) is 8.42 Å². The van der Waals surface area contributed by atoms with Gasteiger partial charge in [-0.2, -0.15) is 0 Å². The molecule has 0 amide bonds. The van der Waals surface area contributed by atoms with Gasteiger partial charge in [0.1, 0.15) is 5.82 Å². The molecule has 1 aromatic carbocycles. The van der Waals surface area contributed by atoms with Crippen molar-refractivity contribution in [3.8, 4) is 0 Å². The first-order valence-corrected chi connectivity index (χ1v) is 10.8. The standard InChI is InChI=1S/C20H29N3O2S/c1-20(2,3)26(24,25)22-14-15-8-10-17(11-9-15)23-19-18-7-5-4-6-16(18)12-13-21-19/h4-7,12-13,15,17,22H,8-11,14H2,1-3H3,(H,21,23). The van der Waals surface area contributed by atoms with E-state index >= 15 is 0 Å². The van der Waals surface area contributed by atoms with Crippen LogP contribution in [-0.2, 0) is 10.0 Å². The van der Waals surface area contributed by atoms with Crippen molar-refractivity contribution >= 4 is 26.6 Å². The van der Waals surface area contributed by atoms with Crippen LogP contribution in [0.4, 0.5) is 5.82 Å². The molecule has 5 nitrogen and oxygen atoms in total. The summed E-state index contributed by atoms with van der Waals surface area (Å²) in [6.07, 6.45) is 5.96. The van der Waals surface area contributed by atoms with Crippen molar-refractivity contribution in [3.05, 3.63) is 36.5 Å². The lowest BCUT2D eigenvalue weighted by Crippen LogP contribution is -2.42. The maximum Gasteiger partial charge on any atom is 0.216 e. The van der Waals surface area contributed by atoms with Gasteiger partial charge in [-0.1, -0.05) is 24.3 Å². The molecule has 0 atom stereocenters. The molecule has 0 bridgehead atoms. The van der Waals surface area contributed by atoms with Crippen LogP contribution in [0.2, 0.25) is 0 Å². The lowest BCUT2D eigenvalue weighted by molar-refractivity contribution is 0.336. The van der Waals surface area contributed by atoms with E-state index in [1.165, 1.54) is 5.39 Å². The van der Waals surface area contributed by atoms with Crippen LogP contribution >= 0.6 is 0 Å². The lowest BCUT2D eigenvalue weighted by atomic mass is 9.86. The summed E-state index contributed by atoms with van der Waals surface area (Å²) in [5, 5.41) is 5.93. The molecule has 2 N–H and O–H groups in total. The lowest BCUT2D eigenvalue weighted by Gasteiger charge is -2.30. The Morgan fingerprint density at radius 1 is 1.08 bits per heavy atom. The Balaban J connectivity index is 1.54. The van der Waals surface area contributed by atoms with Crippen LogP contribution < -0.4 is 10.0 Å². The van der Waals surface area contributed by atoms with E-state index in [0.717, 1.165) is 36.9 Å². The van der Waals surface area contributed by atoms with Gasteiger partial charge in [0.25, 0.3) is 0 Å². The monoisotopic (exact) mass is 375 g/mol. The SMILES string of the molecule is CC(C)(C)S(=O)(=O)NCC1CCC(Nc2nccc3ccccc23)CC1. The zero-order chi connectivity index (χ0) is 18.8. The normalized spacial score (nSPS) is 21.7. The maximum absolute atomic E-state index is 12.2. The summed E-state index contributed by atoms with van der Waals surface area (Å²) >= 11 is 0. The van der Waals surface area contributed by atoms with Gasteiger partial charge >= 0.3 is 0 Å². The minimum atomic E-state index is -3.26. The van der Waals surface area contributed by atoms with E-state index in [-0.39, 0.29) is 0 Å². The molecule has 1 aromatic heterocycles. The third kappa shape index (κ3) is 4.35. The Hall–Kier alpha value is -1.66. The number of fused-ring (bicyclic) bond motifs is 1. The summed E-state index contributed by atoms with van der Waals surface area (Å²) in [5.74, 6) is 1.35.